The Morgan fingerprint density at radius 2 is 1.86 bits per heavy atom. The predicted octanol–water partition coefficient (Wildman–Crippen LogP) is 2.95. The lowest BCUT2D eigenvalue weighted by Crippen LogP contribution is -2.23. The van der Waals surface area contributed by atoms with Crippen molar-refractivity contribution in [3.05, 3.63) is 35.4 Å². The average Bonchev–Trinajstić information content (AvgIpc) is 2.91. The minimum atomic E-state index is 0.180. The van der Waals surface area contributed by atoms with Gasteiger partial charge in [-0.25, -0.2) is 0 Å². The third-order valence-electron chi connectivity index (χ3n) is 4.42. The zero-order valence-corrected chi connectivity index (χ0v) is 12.1. The number of methoxy groups -OCH3 is 2. The first-order valence-corrected chi connectivity index (χ1v) is 7.07. The van der Waals surface area contributed by atoms with Crippen LogP contribution in [-0.4, -0.2) is 25.9 Å². The molecule has 21 heavy (non-hydrogen) atoms. The number of anilines is 1. The van der Waals surface area contributed by atoms with Crippen LogP contribution in [0.15, 0.2) is 24.3 Å². The summed E-state index contributed by atoms with van der Waals surface area (Å²) in [5, 5.41) is 10.1. The van der Waals surface area contributed by atoms with Crippen LogP contribution >= 0.6 is 0 Å². The van der Waals surface area contributed by atoms with Crippen molar-refractivity contribution in [1.82, 2.24) is 0 Å². The van der Waals surface area contributed by atoms with Crippen LogP contribution in [0.25, 0.3) is 11.1 Å². The standard InChI is InChI=1S/C17H17NO3/c1-20-12-5-10-3-4-18-9-11-6-16(21-2)15(19)8-13(11)14(7-12)17(10)18/h5-8,19H,3-4,9H2,1-2H3. The maximum atomic E-state index is 10.1. The van der Waals surface area contributed by atoms with Gasteiger partial charge in [0.1, 0.15) is 5.75 Å². The van der Waals surface area contributed by atoms with E-state index in [0.29, 0.717) is 5.75 Å². The van der Waals surface area contributed by atoms with E-state index in [2.05, 4.69) is 17.0 Å². The average molecular weight is 283 g/mol. The smallest absolute Gasteiger partial charge is 0.160 e. The highest BCUT2D eigenvalue weighted by atomic mass is 16.5. The fourth-order valence-electron chi connectivity index (χ4n) is 3.44. The molecule has 0 saturated heterocycles. The summed E-state index contributed by atoms with van der Waals surface area (Å²) in [6.45, 7) is 1.89. The lowest BCUT2D eigenvalue weighted by molar-refractivity contribution is 0.373. The van der Waals surface area contributed by atoms with Gasteiger partial charge in [0, 0.05) is 24.3 Å². The Kier molecular flexibility index (Phi) is 2.55. The number of nitrogens with zero attached hydrogens (tertiary/aromatic N) is 1. The molecule has 108 valence electrons. The lowest BCUT2D eigenvalue weighted by atomic mass is 9.92. The summed E-state index contributed by atoms with van der Waals surface area (Å²) in [6.07, 6.45) is 1.04. The summed E-state index contributed by atoms with van der Waals surface area (Å²) >= 11 is 0. The molecule has 0 radical (unpaired) electrons. The molecule has 0 aliphatic carbocycles. The highest BCUT2D eigenvalue weighted by Crippen LogP contribution is 2.48. The summed E-state index contributed by atoms with van der Waals surface area (Å²) in [4.78, 5) is 2.39. The van der Waals surface area contributed by atoms with Gasteiger partial charge in [-0.1, -0.05) is 0 Å². The third kappa shape index (κ3) is 1.68. The van der Waals surface area contributed by atoms with Crippen LogP contribution in [0.2, 0.25) is 0 Å². The summed E-state index contributed by atoms with van der Waals surface area (Å²) in [7, 11) is 3.27. The van der Waals surface area contributed by atoms with E-state index >= 15 is 0 Å². The van der Waals surface area contributed by atoms with Gasteiger partial charge < -0.3 is 19.5 Å². The van der Waals surface area contributed by atoms with Gasteiger partial charge >= 0.3 is 0 Å². The SMILES string of the molecule is COc1cc2c3c(c1)-c1cc(O)c(OC)cc1CN3CC2. The molecule has 2 heterocycles. The Labute approximate surface area is 123 Å². The molecule has 0 saturated carbocycles. The van der Waals surface area contributed by atoms with Crippen molar-refractivity contribution in [1.29, 1.82) is 0 Å². The number of benzene rings is 2. The van der Waals surface area contributed by atoms with Crippen molar-refractivity contribution < 1.29 is 14.6 Å². The molecule has 2 aromatic carbocycles. The normalized spacial score (nSPS) is 14.7. The fraction of sp³-hybridized carbons (Fsp3) is 0.294. The number of aromatic hydroxyl groups is 1. The first-order chi connectivity index (χ1) is 10.2. The molecule has 1 N–H and O–H groups in total. The van der Waals surface area contributed by atoms with Crippen LogP contribution in [-0.2, 0) is 13.0 Å². The van der Waals surface area contributed by atoms with Crippen LogP contribution in [0, 0.1) is 0 Å². The number of phenolic OH excluding ortho intramolecular Hbond substituents is 1. The van der Waals surface area contributed by atoms with Gasteiger partial charge in [0.15, 0.2) is 11.5 Å². The molecule has 4 nitrogen and oxygen atoms in total. The van der Waals surface area contributed by atoms with Crippen molar-refractivity contribution >= 4 is 5.69 Å². The van der Waals surface area contributed by atoms with E-state index in [1.807, 2.05) is 6.07 Å². The van der Waals surface area contributed by atoms with Gasteiger partial charge in [-0.05, 0) is 47.4 Å². The Morgan fingerprint density at radius 3 is 2.62 bits per heavy atom. The van der Waals surface area contributed by atoms with Crippen molar-refractivity contribution in [3.63, 3.8) is 0 Å². The summed E-state index contributed by atoms with van der Waals surface area (Å²) in [6, 6.07) is 7.91. The molecule has 4 rings (SSSR count). The van der Waals surface area contributed by atoms with E-state index in [9.17, 15) is 5.11 Å². The van der Waals surface area contributed by atoms with Crippen molar-refractivity contribution in [2.24, 2.45) is 0 Å². The molecule has 2 aromatic rings. The van der Waals surface area contributed by atoms with E-state index in [0.717, 1.165) is 36.4 Å². The van der Waals surface area contributed by atoms with E-state index in [4.69, 9.17) is 9.47 Å². The minimum Gasteiger partial charge on any atom is -0.504 e. The van der Waals surface area contributed by atoms with Gasteiger partial charge in [-0.3, -0.25) is 0 Å². The maximum Gasteiger partial charge on any atom is 0.160 e. The van der Waals surface area contributed by atoms with Gasteiger partial charge in [-0.15, -0.1) is 0 Å². The van der Waals surface area contributed by atoms with E-state index < -0.39 is 0 Å². The Morgan fingerprint density at radius 1 is 1.00 bits per heavy atom. The predicted molar refractivity (Wildman–Crippen MR) is 81.4 cm³/mol. The third-order valence-corrected chi connectivity index (χ3v) is 4.42. The number of ether oxygens (including phenoxy) is 2. The Balaban J connectivity index is 1.99. The van der Waals surface area contributed by atoms with Gasteiger partial charge in [0.05, 0.1) is 14.2 Å². The van der Waals surface area contributed by atoms with Crippen LogP contribution in [0.4, 0.5) is 5.69 Å². The molecule has 0 aromatic heterocycles. The molecule has 0 atom stereocenters. The topological polar surface area (TPSA) is 41.9 Å². The highest BCUT2D eigenvalue weighted by molar-refractivity contribution is 5.89. The lowest BCUT2D eigenvalue weighted by Gasteiger charge is -2.30. The zero-order chi connectivity index (χ0) is 14.6. The molecule has 0 fully saturated rings. The molecule has 0 spiro atoms. The molecule has 0 amide bonds. The second-order valence-corrected chi connectivity index (χ2v) is 5.54. The van der Waals surface area contributed by atoms with E-state index in [1.54, 1.807) is 20.3 Å². The van der Waals surface area contributed by atoms with Gasteiger partial charge in [-0.2, -0.15) is 0 Å². The molecule has 2 aliphatic rings. The number of hydrogen-bond donors (Lipinski definition) is 1. The monoisotopic (exact) mass is 283 g/mol. The van der Waals surface area contributed by atoms with Gasteiger partial charge in [0.2, 0.25) is 0 Å². The van der Waals surface area contributed by atoms with E-state index in [1.165, 1.54) is 16.8 Å². The molecule has 0 unspecified atom stereocenters. The first-order valence-electron chi connectivity index (χ1n) is 7.07. The van der Waals surface area contributed by atoms with Crippen molar-refractivity contribution in [2.45, 2.75) is 13.0 Å². The number of phenols is 1. The Bertz CT molecular complexity index is 739. The molecule has 2 aliphatic heterocycles. The molecular weight excluding hydrogens is 266 g/mol. The summed E-state index contributed by atoms with van der Waals surface area (Å²) in [5.74, 6) is 1.58. The zero-order valence-electron chi connectivity index (χ0n) is 12.1. The minimum absolute atomic E-state index is 0.180. The fourth-order valence-corrected chi connectivity index (χ4v) is 3.44. The van der Waals surface area contributed by atoms with Crippen LogP contribution in [0.5, 0.6) is 17.2 Å². The summed E-state index contributed by atoms with van der Waals surface area (Å²) < 4.78 is 10.7. The molecule has 0 bridgehead atoms. The summed E-state index contributed by atoms with van der Waals surface area (Å²) in [5.41, 5.74) is 6.00. The van der Waals surface area contributed by atoms with Crippen molar-refractivity contribution in [3.8, 4) is 28.4 Å². The van der Waals surface area contributed by atoms with Crippen LogP contribution in [0.1, 0.15) is 11.1 Å². The number of rotatable bonds is 2. The number of hydrogen-bond acceptors (Lipinski definition) is 4. The largest absolute Gasteiger partial charge is 0.504 e. The first kappa shape index (κ1) is 12.4. The molecular formula is C17H17NO3. The van der Waals surface area contributed by atoms with Crippen LogP contribution in [0.3, 0.4) is 0 Å². The quantitative estimate of drug-likeness (QED) is 0.920. The second kappa shape index (κ2) is 4.32. The maximum absolute atomic E-state index is 10.1. The molecule has 4 heteroatoms. The van der Waals surface area contributed by atoms with Crippen LogP contribution < -0.4 is 14.4 Å². The number of fused-ring (bicyclic) bond motifs is 2. The Hall–Kier alpha value is -2.36. The van der Waals surface area contributed by atoms with Crippen molar-refractivity contribution in [2.75, 3.05) is 25.7 Å². The van der Waals surface area contributed by atoms with Gasteiger partial charge in [0.25, 0.3) is 0 Å². The highest BCUT2D eigenvalue weighted by Gasteiger charge is 2.30. The second-order valence-electron chi connectivity index (χ2n) is 5.54. The van der Waals surface area contributed by atoms with E-state index in [-0.39, 0.29) is 5.75 Å².